The van der Waals surface area contributed by atoms with E-state index >= 15 is 0 Å². The van der Waals surface area contributed by atoms with Gasteiger partial charge in [-0.1, -0.05) is 26.7 Å². The van der Waals surface area contributed by atoms with Crippen LogP contribution in [-0.2, 0) is 0 Å². The van der Waals surface area contributed by atoms with Gasteiger partial charge in [0.25, 0.3) is 0 Å². The molecule has 2 atom stereocenters. The van der Waals surface area contributed by atoms with Gasteiger partial charge >= 0.3 is 6.03 Å². The maximum absolute atomic E-state index is 11.9. The SMILES string of the molecule is CC(C)C1CCCCC1NC(=O)NCC1(O)CCC1. The number of hydrogen-bond acceptors (Lipinski definition) is 2. The van der Waals surface area contributed by atoms with E-state index in [4.69, 9.17) is 0 Å². The van der Waals surface area contributed by atoms with Gasteiger partial charge in [-0.25, -0.2) is 4.79 Å². The van der Waals surface area contributed by atoms with Gasteiger partial charge in [-0.3, -0.25) is 0 Å². The van der Waals surface area contributed by atoms with Gasteiger partial charge < -0.3 is 15.7 Å². The highest BCUT2D eigenvalue weighted by Gasteiger charge is 2.35. The number of carbonyl (C=O) groups excluding carboxylic acids is 1. The maximum Gasteiger partial charge on any atom is 0.315 e. The van der Waals surface area contributed by atoms with Gasteiger partial charge in [-0.15, -0.1) is 0 Å². The van der Waals surface area contributed by atoms with Crippen LogP contribution in [0.25, 0.3) is 0 Å². The molecule has 0 aliphatic heterocycles. The van der Waals surface area contributed by atoms with Crippen LogP contribution < -0.4 is 10.6 Å². The highest BCUT2D eigenvalue weighted by Crippen LogP contribution is 2.31. The largest absolute Gasteiger partial charge is 0.388 e. The average molecular weight is 268 g/mol. The molecule has 2 fully saturated rings. The lowest BCUT2D eigenvalue weighted by atomic mass is 9.78. The van der Waals surface area contributed by atoms with Crippen LogP contribution in [0.4, 0.5) is 4.79 Å². The van der Waals surface area contributed by atoms with Gasteiger partial charge in [0.1, 0.15) is 0 Å². The van der Waals surface area contributed by atoms with Crippen LogP contribution >= 0.6 is 0 Å². The summed E-state index contributed by atoms with van der Waals surface area (Å²) in [4.78, 5) is 11.9. The minimum absolute atomic E-state index is 0.113. The Labute approximate surface area is 116 Å². The topological polar surface area (TPSA) is 61.4 Å². The molecule has 19 heavy (non-hydrogen) atoms. The van der Waals surface area contributed by atoms with E-state index in [-0.39, 0.29) is 6.03 Å². The summed E-state index contributed by atoms with van der Waals surface area (Å²) >= 11 is 0. The number of rotatable bonds is 4. The van der Waals surface area contributed by atoms with Crippen LogP contribution in [-0.4, -0.2) is 29.3 Å². The van der Waals surface area contributed by atoms with Crippen molar-refractivity contribution in [3.05, 3.63) is 0 Å². The molecule has 2 aliphatic rings. The normalized spacial score (nSPS) is 29.7. The van der Waals surface area contributed by atoms with Crippen molar-refractivity contribution in [1.82, 2.24) is 10.6 Å². The first-order valence-corrected chi connectivity index (χ1v) is 7.77. The minimum Gasteiger partial charge on any atom is -0.388 e. The zero-order chi connectivity index (χ0) is 13.9. The Morgan fingerprint density at radius 3 is 2.53 bits per heavy atom. The van der Waals surface area contributed by atoms with Gasteiger partial charge in [-0.2, -0.15) is 0 Å². The van der Waals surface area contributed by atoms with Crippen molar-refractivity contribution in [2.45, 2.75) is 70.4 Å². The van der Waals surface area contributed by atoms with E-state index in [1.165, 1.54) is 19.3 Å². The summed E-state index contributed by atoms with van der Waals surface area (Å²) in [5.74, 6) is 1.20. The van der Waals surface area contributed by atoms with Crippen LogP contribution in [0.15, 0.2) is 0 Å². The van der Waals surface area contributed by atoms with E-state index in [9.17, 15) is 9.90 Å². The number of aliphatic hydroxyl groups is 1. The molecule has 4 nitrogen and oxygen atoms in total. The molecule has 0 saturated heterocycles. The van der Waals surface area contributed by atoms with Gasteiger partial charge in [0.15, 0.2) is 0 Å². The van der Waals surface area contributed by atoms with Crippen LogP contribution in [0, 0.1) is 11.8 Å². The zero-order valence-corrected chi connectivity index (χ0v) is 12.2. The summed E-state index contributed by atoms with van der Waals surface area (Å²) in [6.07, 6.45) is 7.47. The highest BCUT2D eigenvalue weighted by atomic mass is 16.3. The first kappa shape index (κ1) is 14.6. The fourth-order valence-corrected chi connectivity index (χ4v) is 3.36. The lowest BCUT2D eigenvalue weighted by molar-refractivity contribution is -0.0291. The first-order chi connectivity index (χ1) is 9.00. The van der Waals surface area contributed by atoms with Gasteiger partial charge in [-0.05, 0) is 43.9 Å². The lowest BCUT2D eigenvalue weighted by Crippen LogP contribution is -2.53. The second-order valence-electron chi connectivity index (χ2n) is 6.70. The average Bonchev–Trinajstić information content (AvgIpc) is 2.34. The Balaban J connectivity index is 1.76. The molecule has 0 spiro atoms. The monoisotopic (exact) mass is 268 g/mol. The van der Waals surface area contributed by atoms with E-state index in [1.807, 2.05) is 0 Å². The Hall–Kier alpha value is -0.770. The molecular formula is C15H28N2O2. The fourth-order valence-electron chi connectivity index (χ4n) is 3.36. The Bertz CT molecular complexity index is 313. The molecule has 0 bridgehead atoms. The van der Waals surface area contributed by atoms with Crippen molar-refractivity contribution in [3.63, 3.8) is 0 Å². The van der Waals surface area contributed by atoms with E-state index in [1.54, 1.807) is 0 Å². The summed E-state index contributed by atoms with van der Waals surface area (Å²) in [7, 11) is 0. The molecule has 0 aromatic carbocycles. The van der Waals surface area contributed by atoms with Crippen molar-refractivity contribution in [1.29, 1.82) is 0 Å². The third-order valence-electron chi connectivity index (χ3n) is 4.85. The number of hydrogen-bond donors (Lipinski definition) is 3. The molecule has 2 rings (SSSR count). The zero-order valence-electron chi connectivity index (χ0n) is 12.2. The molecule has 0 aromatic heterocycles. The summed E-state index contributed by atoms with van der Waals surface area (Å²) in [5, 5.41) is 15.9. The molecule has 0 aromatic rings. The van der Waals surface area contributed by atoms with Crippen molar-refractivity contribution in [3.8, 4) is 0 Å². The predicted octanol–water partition coefficient (Wildman–Crippen LogP) is 2.42. The van der Waals surface area contributed by atoms with Gasteiger partial charge in [0.2, 0.25) is 0 Å². The molecule has 2 saturated carbocycles. The molecular weight excluding hydrogens is 240 g/mol. The Morgan fingerprint density at radius 2 is 1.95 bits per heavy atom. The fraction of sp³-hybridized carbons (Fsp3) is 0.933. The van der Waals surface area contributed by atoms with Crippen molar-refractivity contribution >= 4 is 6.03 Å². The molecule has 110 valence electrons. The minimum atomic E-state index is -0.638. The van der Waals surface area contributed by atoms with Gasteiger partial charge in [0, 0.05) is 12.6 Å². The predicted molar refractivity (Wildman–Crippen MR) is 75.9 cm³/mol. The molecule has 2 aliphatic carbocycles. The van der Waals surface area contributed by atoms with Crippen LogP contribution in [0.3, 0.4) is 0 Å². The Kier molecular flexibility index (Phi) is 4.71. The van der Waals surface area contributed by atoms with Crippen molar-refractivity contribution in [2.24, 2.45) is 11.8 Å². The first-order valence-electron chi connectivity index (χ1n) is 7.77. The summed E-state index contributed by atoms with van der Waals surface area (Å²) in [6.45, 7) is 4.86. The molecule has 2 unspecified atom stereocenters. The van der Waals surface area contributed by atoms with Crippen molar-refractivity contribution < 1.29 is 9.90 Å². The Morgan fingerprint density at radius 1 is 1.26 bits per heavy atom. The third-order valence-corrected chi connectivity index (χ3v) is 4.85. The smallest absolute Gasteiger partial charge is 0.315 e. The summed E-state index contributed by atoms with van der Waals surface area (Å²) in [6, 6.07) is 0.183. The molecule has 4 heteroatoms. The van der Waals surface area contributed by atoms with E-state index in [0.29, 0.717) is 24.4 Å². The van der Waals surface area contributed by atoms with Crippen LogP contribution in [0.5, 0.6) is 0 Å². The maximum atomic E-state index is 11.9. The van der Waals surface area contributed by atoms with E-state index in [0.717, 1.165) is 25.7 Å². The molecule has 2 amide bonds. The number of nitrogens with one attached hydrogen (secondary N) is 2. The highest BCUT2D eigenvalue weighted by molar-refractivity contribution is 5.74. The summed E-state index contributed by atoms with van der Waals surface area (Å²) in [5.41, 5.74) is -0.638. The van der Waals surface area contributed by atoms with Crippen molar-refractivity contribution in [2.75, 3.05) is 6.54 Å². The number of amides is 2. The number of carbonyl (C=O) groups is 1. The van der Waals surface area contributed by atoms with Gasteiger partial charge in [0.05, 0.1) is 5.60 Å². The lowest BCUT2D eigenvalue weighted by Gasteiger charge is -2.38. The molecule has 0 heterocycles. The standard InChI is InChI=1S/C15H28N2O2/c1-11(2)12-6-3-4-7-13(12)17-14(18)16-10-15(19)8-5-9-15/h11-13,19H,3-10H2,1-2H3,(H2,16,17,18). The third kappa shape index (κ3) is 3.85. The molecule has 0 radical (unpaired) electrons. The van der Waals surface area contributed by atoms with E-state index in [2.05, 4.69) is 24.5 Å². The van der Waals surface area contributed by atoms with Crippen LogP contribution in [0.1, 0.15) is 58.8 Å². The second-order valence-corrected chi connectivity index (χ2v) is 6.70. The summed E-state index contributed by atoms with van der Waals surface area (Å²) < 4.78 is 0. The van der Waals surface area contributed by atoms with Crippen LogP contribution in [0.2, 0.25) is 0 Å². The second kappa shape index (κ2) is 6.12. The van der Waals surface area contributed by atoms with E-state index < -0.39 is 5.60 Å². The quantitative estimate of drug-likeness (QED) is 0.733. The molecule has 3 N–H and O–H groups in total. The number of urea groups is 1.